The Morgan fingerprint density at radius 2 is 1.75 bits per heavy atom. The van der Waals surface area contributed by atoms with E-state index in [1.165, 1.54) is 4.88 Å². The van der Waals surface area contributed by atoms with Crippen LogP contribution < -0.4 is 0 Å². The van der Waals surface area contributed by atoms with Gasteiger partial charge in [0, 0.05) is 14.9 Å². The average molecular weight is 338 g/mol. The van der Waals surface area contributed by atoms with Crippen LogP contribution in [0, 0.1) is 13.8 Å². The lowest BCUT2D eigenvalue weighted by atomic mass is 10.3. The maximum Gasteiger partial charge on any atom is 0.172 e. The lowest BCUT2D eigenvalue weighted by Gasteiger charge is -2.02. The second kappa shape index (κ2) is 4.61. The molecule has 0 aliphatic rings. The van der Waals surface area contributed by atoms with Gasteiger partial charge in [0.2, 0.25) is 0 Å². The maximum absolute atomic E-state index is 5.97. The molecule has 0 spiro atoms. The van der Waals surface area contributed by atoms with Crippen molar-refractivity contribution in [2.75, 3.05) is 0 Å². The lowest BCUT2D eigenvalue weighted by molar-refractivity contribution is 1.15. The van der Waals surface area contributed by atoms with E-state index in [1.54, 1.807) is 18.3 Å². The number of rotatable bonds is 1. The predicted octanol–water partition coefficient (Wildman–Crippen LogP) is 4.89. The van der Waals surface area contributed by atoms with Crippen molar-refractivity contribution in [3.63, 3.8) is 0 Å². The third-order valence-corrected chi connectivity index (χ3v) is 4.97. The van der Waals surface area contributed by atoms with E-state index in [0.29, 0.717) is 21.7 Å². The van der Waals surface area contributed by atoms with E-state index in [1.807, 2.05) is 13.0 Å². The van der Waals surface area contributed by atoms with Gasteiger partial charge in [0.1, 0.15) is 10.3 Å². The Morgan fingerprint density at radius 1 is 1.19 bits per heavy atom. The van der Waals surface area contributed by atoms with Crippen LogP contribution in [0.15, 0.2) is 10.5 Å². The summed E-state index contributed by atoms with van der Waals surface area (Å²) in [5.41, 5.74) is 0.708. The highest BCUT2D eigenvalue weighted by Gasteiger charge is 2.12. The second-order valence-electron chi connectivity index (χ2n) is 3.27. The quantitative estimate of drug-likeness (QED) is 0.692. The molecule has 0 aliphatic carbocycles. The van der Waals surface area contributed by atoms with E-state index >= 15 is 0 Å². The van der Waals surface area contributed by atoms with Crippen LogP contribution in [0.2, 0.25) is 10.3 Å². The van der Waals surface area contributed by atoms with E-state index in [0.717, 1.165) is 9.35 Å². The van der Waals surface area contributed by atoms with Crippen LogP contribution >= 0.6 is 50.5 Å². The fraction of sp³-hybridized carbons (Fsp3) is 0.200. The van der Waals surface area contributed by atoms with Crippen molar-refractivity contribution < 1.29 is 0 Å². The molecule has 0 radical (unpaired) electrons. The van der Waals surface area contributed by atoms with Crippen LogP contribution in [0.25, 0.3) is 10.7 Å². The van der Waals surface area contributed by atoms with E-state index < -0.39 is 0 Å². The number of halogens is 3. The smallest absolute Gasteiger partial charge is 0.172 e. The Labute approximate surface area is 116 Å². The summed E-state index contributed by atoms with van der Waals surface area (Å²) in [6.45, 7) is 3.82. The SMILES string of the molecule is Cc1sc(-c2nc(Cl)c(C)c(Cl)n2)cc1Br. The Morgan fingerprint density at radius 3 is 2.19 bits per heavy atom. The van der Waals surface area contributed by atoms with E-state index in [9.17, 15) is 0 Å². The minimum atomic E-state index is 0.400. The summed E-state index contributed by atoms with van der Waals surface area (Å²) in [6.07, 6.45) is 0. The molecule has 0 saturated heterocycles. The lowest BCUT2D eigenvalue weighted by Crippen LogP contribution is -1.92. The van der Waals surface area contributed by atoms with E-state index in [2.05, 4.69) is 25.9 Å². The highest BCUT2D eigenvalue weighted by molar-refractivity contribution is 9.10. The van der Waals surface area contributed by atoms with Gasteiger partial charge in [-0.3, -0.25) is 0 Å². The first-order valence-corrected chi connectivity index (χ1v) is 6.81. The zero-order chi connectivity index (χ0) is 11.9. The summed E-state index contributed by atoms with van der Waals surface area (Å²) in [4.78, 5) is 10.6. The summed E-state index contributed by atoms with van der Waals surface area (Å²) in [5, 5.41) is 0.800. The molecule has 0 amide bonds. The number of thiophene rings is 1. The van der Waals surface area contributed by atoms with Crippen molar-refractivity contribution in [2.45, 2.75) is 13.8 Å². The van der Waals surface area contributed by atoms with E-state index in [4.69, 9.17) is 23.2 Å². The van der Waals surface area contributed by atoms with Gasteiger partial charge < -0.3 is 0 Å². The highest BCUT2D eigenvalue weighted by atomic mass is 79.9. The Kier molecular flexibility index (Phi) is 3.54. The average Bonchev–Trinajstić information content (AvgIpc) is 2.55. The van der Waals surface area contributed by atoms with Gasteiger partial charge in [-0.05, 0) is 35.8 Å². The number of nitrogens with zero attached hydrogens (tertiary/aromatic N) is 2. The number of hydrogen-bond acceptors (Lipinski definition) is 3. The van der Waals surface area contributed by atoms with Crippen molar-refractivity contribution in [3.05, 3.63) is 31.3 Å². The van der Waals surface area contributed by atoms with Crippen LogP contribution in [-0.2, 0) is 0 Å². The zero-order valence-corrected chi connectivity index (χ0v) is 12.4. The van der Waals surface area contributed by atoms with Crippen LogP contribution in [0.4, 0.5) is 0 Å². The second-order valence-corrected chi connectivity index (χ2v) is 6.10. The number of aromatic nitrogens is 2. The van der Waals surface area contributed by atoms with Gasteiger partial charge in [0.25, 0.3) is 0 Å². The standard InChI is InChI=1S/C10H7BrCl2N2S/c1-4-8(12)14-10(15-9(4)13)7-3-6(11)5(2)16-7/h3H,1-2H3. The van der Waals surface area contributed by atoms with Crippen molar-refractivity contribution >= 4 is 50.5 Å². The van der Waals surface area contributed by atoms with Crippen LogP contribution in [0.1, 0.15) is 10.4 Å². The molecule has 2 rings (SSSR count). The summed E-state index contributed by atoms with van der Waals surface area (Å²) < 4.78 is 1.05. The highest BCUT2D eigenvalue weighted by Crippen LogP contribution is 2.34. The molecule has 2 aromatic heterocycles. The minimum absolute atomic E-state index is 0.400. The van der Waals surface area contributed by atoms with Crippen molar-refractivity contribution in [1.82, 2.24) is 9.97 Å². The van der Waals surface area contributed by atoms with Gasteiger partial charge in [0.05, 0.1) is 4.88 Å². The van der Waals surface area contributed by atoms with Gasteiger partial charge in [0.15, 0.2) is 5.82 Å². The first kappa shape index (κ1) is 12.3. The first-order valence-electron chi connectivity index (χ1n) is 4.45. The van der Waals surface area contributed by atoms with Gasteiger partial charge in [-0.15, -0.1) is 11.3 Å². The largest absolute Gasteiger partial charge is 0.215 e. The molecule has 0 unspecified atom stereocenters. The Balaban J connectivity index is 2.56. The molecule has 0 aliphatic heterocycles. The van der Waals surface area contributed by atoms with Crippen LogP contribution in [-0.4, -0.2) is 9.97 Å². The van der Waals surface area contributed by atoms with Crippen LogP contribution in [0.3, 0.4) is 0 Å². The van der Waals surface area contributed by atoms with Crippen LogP contribution in [0.5, 0.6) is 0 Å². The van der Waals surface area contributed by atoms with Gasteiger partial charge in [-0.1, -0.05) is 23.2 Å². The molecule has 2 heterocycles. The molecule has 0 atom stereocenters. The molecule has 0 saturated carbocycles. The monoisotopic (exact) mass is 336 g/mol. The molecule has 84 valence electrons. The van der Waals surface area contributed by atoms with Gasteiger partial charge >= 0.3 is 0 Å². The molecular formula is C10H7BrCl2N2S. The summed E-state index contributed by atoms with van der Waals surface area (Å²) in [7, 11) is 0. The molecule has 0 bridgehead atoms. The topological polar surface area (TPSA) is 25.8 Å². The third-order valence-electron chi connectivity index (χ3n) is 2.10. The van der Waals surface area contributed by atoms with Gasteiger partial charge in [-0.25, -0.2) is 9.97 Å². The molecule has 0 N–H and O–H groups in total. The molecule has 2 nitrogen and oxygen atoms in total. The normalized spacial score (nSPS) is 10.8. The fourth-order valence-corrected chi connectivity index (χ4v) is 3.00. The number of hydrogen-bond donors (Lipinski definition) is 0. The molecule has 0 aromatic carbocycles. The molecule has 16 heavy (non-hydrogen) atoms. The molecule has 2 aromatic rings. The third kappa shape index (κ3) is 2.25. The first-order chi connectivity index (χ1) is 7.49. The summed E-state index contributed by atoms with van der Waals surface area (Å²) >= 11 is 17.0. The summed E-state index contributed by atoms with van der Waals surface area (Å²) in [5.74, 6) is 0.569. The predicted molar refractivity (Wildman–Crippen MR) is 72.5 cm³/mol. The van der Waals surface area contributed by atoms with Crippen molar-refractivity contribution in [3.8, 4) is 10.7 Å². The Bertz CT molecular complexity index is 511. The number of aryl methyl sites for hydroxylation is 1. The molecule has 6 heteroatoms. The fourth-order valence-electron chi connectivity index (χ4n) is 1.14. The van der Waals surface area contributed by atoms with Gasteiger partial charge in [-0.2, -0.15) is 0 Å². The Hall–Kier alpha value is -0.160. The van der Waals surface area contributed by atoms with Crippen molar-refractivity contribution in [2.24, 2.45) is 0 Å². The van der Waals surface area contributed by atoms with Crippen molar-refractivity contribution in [1.29, 1.82) is 0 Å². The molecule has 0 fully saturated rings. The zero-order valence-electron chi connectivity index (χ0n) is 8.51. The van der Waals surface area contributed by atoms with E-state index in [-0.39, 0.29) is 0 Å². The molecular weight excluding hydrogens is 331 g/mol. The minimum Gasteiger partial charge on any atom is -0.215 e. The summed E-state index contributed by atoms with van der Waals surface area (Å²) in [6, 6.07) is 1.97. The maximum atomic E-state index is 5.97.